The normalized spacial score (nSPS) is 19.9. The number of ether oxygens (including phenoxy) is 3. The van der Waals surface area contributed by atoms with E-state index in [2.05, 4.69) is 4.98 Å². The summed E-state index contributed by atoms with van der Waals surface area (Å²) >= 11 is 0. The molecule has 0 aromatic carbocycles. The third kappa shape index (κ3) is 6.07. The maximum atomic E-state index is 12.4. The van der Waals surface area contributed by atoms with E-state index in [-0.39, 0.29) is 18.2 Å². The lowest BCUT2D eigenvalue weighted by atomic mass is 10.0. The predicted molar refractivity (Wildman–Crippen MR) is 103 cm³/mol. The summed E-state index contributed by atoms with van der Waals surface area (Å²) in [6, 6.07) is 2.01. The first kappa shape index (κ1) is 22.1. The monoisotopic (exact) mass is 366 g/mol. The summed E-state index contributed by atoms with van der Waals surface area (Å²) in [6.07, 6.45) is 2.99. The number of likely N-dealkylation sites (tertiary alicyclic amines) is 1. The van der Waals surface area contributed by atoms with Gasteiger partial charge in [-0.15, -0.1) is 0 Å². The summed E-state index contributed by atoms with van der Waals surface area (Å²) in [4.78, 5) is 18.4. The zero-order valence-electron chi connectivity index (χ0n) is 17.5. The fourth-order valence-electron chi connectivity index (χ4n) is 2.75. The van der Waals surface area contributed by atoms with Crippen molar-refractivity contribution in [1.29, 1.82) is 0 Å². The Hall–Kier alpha value is -1.98. The summed E-state index contributed by atoms with van der Waals surface area (Å²) in [5, 5.41) is 0. The molecule has 1 fully saturated rings. The molecule has 0 radical (unpaired) electrons. The molecule has 1 aliphatic heterocycles. The molecule has 1 aliphatic rings. The van der Waals surface area contributed by atoms with Crippen molar-refractivity contribution in [2.45, 2.75) is 79.1 Å². The Bertz CT molecular complexity index is 584. The number of amides is 1. The molecule has 2 rings (SSSR count). The molecule has 6 heteroatoms. The van der Waals surface area contributed by atoms with Crippen LogP contribution in [-0.2, 0) is 4.74 Å². The molecule has 1 aromatic heterocycles. The molecule has 0 aliphatic carbocycles. The van der Waals surface area contributed by atoms with Crippen molar-refractivity contribution in [3.05, 3.63) is 17.8 Å². The predicted octanol–water partition coefficient (Wildman–Crippen LogP) is 4.59. The van der Waals surface area contributed by atoms with Gasteiger partial charge < -0.3 is 19.1 Å². The lowest BCUT2D eigenvalue weighted by Gasteiger charge is -2.38. The molecule has 0 spiro atoms. The van der Waals surface area contributed by atoms with Gasteiger partial charge in [0.05, 0.1) is 13.7 Å². The topological polar surface area (TPSA) is 60.9 Å². The van der Waals surface area contributed by atoms with E-state index in [1.165, 1.54) is 0 Å². The number of carbonyl (C=O) groups is 1. The quantitative estimate of drug-likeness (QED) is 0.783. The van der Waals surface area contributed by atoms with E-state index >= 15 is 0 Å². The van der Waals surface area contributed by atoms with E-state index in [0.717, 1.165) is 18.4 Å². The fourth-order valence-corrected chi connectivity index (χ4v) is 2.75. The van der Waals surface area contributed by atoms with E-state index in [0.29, 0.717) is 18.2 Å². The van der Waals surface area contributed by atoms with Crippen molar-refractivity contribution in [2.75, 3.05) is 13.7 Å². The van der Waals surface area contributed by atoms with E-state index in [9.17, 15) is 4.79 Å². The number of piperidine rings is 1. The Morgan fingerprint density at radius 1 is 1.27 bits per heavy atom. The number of aryl methyl sites for hydroxylation is 1. The highest BCUT2D eigenvalue weighted by Gasteiger charge is 2.33. The number of hydrogen-bond acceptors (Lipinski definition) is 5. The number of nitrogens with zero attached hydrogens (tertiary/aromatic N) is 2. The minimum absolute atomic E-state index is 0.128. The average Bonchev–Trinajstić information content (AvgIpc) is 2.57. The zero-order valence-corrected chi connectivity index (χ0v) is 17.5. The second kappa shape index (κ2) is 9.64. The molecular weight excluding hydrogens is 332 g/mol. The highest BCUT2D eigenvalue weighted by Crippen LogP contribution is 2.31. The summed E-state index contributed by atoms with van der Waals surface area (Å²) in [5.74, 6) is 1.11. The minimum Gasteiger partial charge on any atom is -0.491 e. The van der Waals surface area contributed by atoms with Gasteiger partial charge >= 0.3 is 6.09 Å². The highest BCUT2D eigenvalue weighted by molar-refractivity contribution is 5.68. The summed E-state index contributed by atoms with van der Waals surface area (Å²) < 4.78 is 16.9. The van der Waals surface area contributed by atoms with E-state index in [4.69, 9.17) is 14.2 Å². The molecule has 1 saturated heterocycles. The van der Waals surface area contributed by atoms with Gasteiger partial charge in [0, 0.05) is 12.2 Å². The van der Waals surface area contributed by atoms with Crippen molar-refractivity contribution in [2.24, 2.45) is 0 Å². The van der Waals surface area contributed by atoms with Gasteiger partial charge in [-0.05, 0) is 59.1 Å². The maximum Gasteiger partial charge on any atom is 0.410 e. The highest BCUT2D eigenvalue weighted by atomic mass is 16.6. The number of hydrogen-bond donors (Lipinski definition) is 0. The van der Waals surface area contributed by atoms with Crippen LogP contribution in [0.3, 0.4) is 0 Å². The van der Waals surface area contributed by atoms with E-state index in [1.807, 2.05) is 54.5 Å². The van der Waals surface area contributed by atoms with Crippen LogP contribution in [-0.4, -0.2) is 47.4 Å². The van der Waals surface area contributed by atoms with Gasteiger partial charge in [-0.1, -0.05) is 13.8 Å². The van der Waals surface area contributed by atoms with Crippen LogP contribution in [0.4, 0.5) is 4.79 Å². The molecule has 0 unspecified atom stereocenters. The Balaban J connectivity index is 0.00000163. The first-order chi connectivity index (χ1) is 12.2. The zero-order chi connectivity index (χ0) is 19.9. The first-order valence-corrected chi connectivity index (χ1v) is 9.37. The minimum atomic E-state index is -0.508. The summed E-state index contributed by atoms with van der Waals surface area (Å²) in [5.41, 5.74) is 0.460. The molecule has 1 aromatic rings. The van der Waals surface area contributed by atoms with E-state index < -0.39 is 5.60 Å². The molecule has 0 N–H and O–H groups in total. The van der Waals surface area contributed by atoms with Crippen LogP contribution >= 0.6 is 0 Å². The number of aromatic nitrogens is 1. The van der Waals surface area contributed by atoms with Crippen molar-refractivity contribution in [3.63, 3.8) is 0 Å². The smallest absolute Gasteiger partial charge is 0.410 e. The van der Waals surface area contributed by atoms with Crippen LogP contribution in [0.5, 0.6) is 11.6 Å². The van der Waals surface area contributed by atoms with Crippen LogP contribution < -0.4 is 9.47 Å². The SMILES string of the molecule is CC.COc1c(C)ccnc1O[C@@H]1CC[C@@H](C)N(C(=O)OC(C)(C)C)C1. The lowest BCUT2D eigenvalue weighted by molar-refractivity contribution is -0.00630. The second-order valence-electron chi connectivity index (χ2n) is 7.27. The third-order valence-corrected chi connectivity index (χ3v) is 4.02. The second-order valence-corrected chi connectivity index (χ2v) is 7.27. The maximum absolute atomic E-state index is 12.4. The lowest BCUT2D eigenvalue weighted by Crippen LogP contribution is -2.50. The van der Waals surface area contributed by atoms with Gasteiger partial charge in [-0.3, -0.25) is 0 Å². The molecule has 0 bridgehead atoms. The summed E-state index contributed by atoms with van der Waals surface area (Å²) in [7, 11) is 1.60. The molecule has 2 atom stereocenters. The van der Waals surface area contributed by atoms with Gasteiger partial charge in [0.2, 0.25) is 0 Å². The van der Waals surface area contributed by atoms with Crippen molar-refractivity contribution >= 4 is 6.09 Å². The van der Waals surface area contributed by atoms with Gasteiger partial charge in [0.1, 0.15) is 11.7 Å². The Morgan fingerprint density at radius 3 is 2.50 bits per heavy atom. The van der Waals surface area contributed by atoms with E-state index in [1.54, 1.807) is 18.2 Å². The Morgan fingerprint density at radius 2 is 1.92 bits per heavy atom. The number of carbonyl (C=O) groups excluding carboxylic acids is 1. The first-order valence-electron chi connectivity index (χ1n) is 9.37. The van der Waals surface area contributed by atoms with Crippen molar-refractivity contribution in [3.8, 4) is 11.6 Å². The van der Waals surface area contributed by atoms with Crippen LogP contribution in [0.1, 0.15) is 59.9 Å². The van der Waals surface area contributed by atoms with Crippen molar-refractivity contribution in [1.82, 2.24) is 9.88 Å². The number of rotatable bonds is 3. The van der Waals surface area contributed by atoms with Crippen LogP contribution in [0, 0.1) is 6.92 Å². The van der Waals surface area contributed by atoms with Gasteiger partial charge in [0.15, 0.2) is 5.75 Å². The molecule has 26 heavy (non-hydrogen) atoms. The Kier molecular flexibility index (Phi) is 8.18. The van der Waals surface area contributed by atoms with Gasteiger partial charge in [-0.2, -0.15) is 0 Å². The molecular formula is C20H34N2O4. The third-order valence-electron chi connectivity index (χ3n) is 4.02. The Labute approximate surface area is 157 Å². The van der Waals surface area contributed by atoms with Crippen LogP contribution in [0.2, 0.25) is 0 Å². The molecule has 2 heterocycles. The largest absolute Gasteiger partial charge is 0.491 e. The molecule has 1 amide bonds. The van der Waals surface area contributed by atoms with Gasteiger partial charge in [0.25, 0.3) is 5.88 Å². The van der Waals surface area contributed by atoms with Crippen LogP contribution in [0.25, 0.3) is 0 Å². The van der Waals surface area contributed by atoms with Crippen molar-refractivity contribution < 1.29 is 19.0 Å². The number of pyridine rings is 1. The van der Waals surface area contributed by atoms with Gasteiger partial charge in [-0.25, -0.2) is 9.78 Å². The van der Waals surface area contributed by atoms with Crippen LogP contribution in [0.15, 0.2) is 12.3 Å². The average molecular weight is 367 g/mol. The molecule has 148 valence electrons. The summed E-state index contributed by atoms with van der Waals surface area (Å²) in [6.45, 7) is 14.1. The number of methoxy groups -OCH3 is 1. The fraction of sp³-hybridized carbons (Fsp3) is 0.700. The standard InChI is InChI=1S/C18H28N2O4.C2H6/c1-12-9-10-19-16(15(12)22-6)23-14-8-7-13(2)20(11-14)17(21)24-18(3,4)5;1-2/h9-10,13-14H,7-8,11H2,1-6H3;1-2H3/t13-,14-;/m1./s1. The molecule has 6 nitrogen and oxygen atoms in total. The molecule has 0 saturated carbocycles.